The van der Waals surface area contributed by atoms with Gasteiger partial charge in [-0.2, -0.15) is 5.10 Å². The lowest BCUT2D eigenvalue weighted by Crippen LogP contribution is -2.23. The highest BCUT2D eigenvalue weighted by molar-refractivity contribution is 7.80. The third-order valence-electron chi connectivity index (χ3n) is 2.15. The predicted molar refractivity (Wildman–Crippen MR) is 79.5 cm³/mol. The Bertz CT molecular complexity index is 528. The number of hydrazone groups is 1. The van der Waals surface area contributed by atoms with Gasteiger partial charge in [-0.3, -0.25) is 15.0 Å². The van der Waals surface area contributed by atoms with E-state index in [1.807, 2.05) is 0 Å². The molecule has 0 fully saturated rings. The molecule has 0 heterocycles. The Morgan fingerprint density at radius 2 is 1.95 bits per heavy atom. The highest BCUT2D eigenvalue weighted by atomic mass is 32.1. The molecule has 0 saturated heterocycles. The van der Waals surface area contributed by atoms with Gasteiger partial charge in [0.25, 0.3) is 0 Å². The topological polar surface area (TPSA) is 117 Å². The molecule has 8 heteroatoms. The van der Waals surface area contributed by atoms with Crippen molar-refractivity contribution in [3.8, 4) is 0 Å². The van der Waals surface area contributed by atoms with E-state index in [0.717, 1.165) is 5.56 Å². The van der Waals surface area contributed by atoms with Crippen LogP contribution in [-0.2, 0) is 9.59 Å². The Balaban J connectivity index is 2.49. The van der Waals surface area contributed by atoms with Crippen LogP contribution < -0.4 is 16.5 Å². The van der Waals surface area contributed by atoms with Crippen LogP contribution in [0, 0.1) is 0 Å². The zero-order valence-corrected chi connectivity index (χ0v) is 11.3. The number of amides is 1. The van der Waals surface area contributed by atoms with Crippen molar-refractivity contribution in [3.63, 3.8) is 0 Å². The zero-order chi connectivity index (χ0) is 15.0. The summed E-state index contributed by atoms with van der Waals surface area (Å²) in [5.41, 5.74) is 9.00. The van der Waals surface area contributed by atoms with Crippen molar-refractivity contribution in [2.75, 3.05) is 5.32 Å². The molecular formula is C12H14N4O3S. The second kappa shape index (κ2) is 7.85. The third-order valence-corrected chi connectivity index (χ3v) is 2.24. The first-order chi connectivity index (χ1) is 9.47. The number of carbonyl (C=O) groups excluding carboxylic acids is 1. The van der Waals surface area contributed by atoms with E-state index in [4.69, 9.17) is 10.8 Å². The third kappa shape index (κ3) is 6.45. The standard InChI is InChI=1S/C12H14N4O3S/c13-12(20)16-14-7-8-1-3-9(4-2-8)15-10(17)5-6-11(18)19/h1-4,7H,5-6H2,(H,15,17)(H,18,19)(H3,13,16,20). The Morgan fingerprint density at radius 3 is 2.50 bits per heavy atom. The molecule has 0 aliphatic carbocycles. The van der Waals surface area contributed by atoms with Crippen LogP contribution in [0.5, 0.6) is 0 Å². The minimum atomic E-state index is -1.00. The molecule has 0 radical (unpaired) electrons. The minimum Gasteiger partial charge on any atom is -0.481 e. The van der Waals surface area contributed by atoms with E-state index in [9.17, 15) is 9.59 Å². The molecule has 1 rings (SSSR count). The maximum atomic E-state index is 11.4. The Morgan fingerprint density at radius 1 is 1.30 bits per heavy atom. The molecule has 0 saturated carbocycles. The Kier molecular flexibility index (Phi) is 6.11. The first-order valence-electron chi connectivity index (χ1n) is 5.67. The Hall–Kier alpha value is -2.48. The number of carboxylic acid groups (broad SMARTS) is 1. The fraction of sp³-hybridized carbons (Fsp3) is 0.167. The minimum absolute atomic E-state index is 0.0591. The van der Waals surface area contributed by atoms with E-state index >= 15 is 0 Å². The average molecular weight is 294 g/mol. The van der Waals surface area contributed by atoms with Crippen LogP contribution in [0.3, 0.4) is 0 Å². The SMILES string of the molecule is NC(=S)NN=Cc1ccc(NC(=O)CCC(=O)O)cc1. The molecule has 0 aliphatic rings. The number of carboxylic acids is 1. The van der Waals surface area contributed by atoms with Crippen LogP contribution >= 0.6 is 12.2 Å². The number of nitrogens with one attached hydrogen (secondary N) is 2. The van der Waals surface area contributed by atoms with E-state index < -0.39 is 5.97 Å². The van der Waals surface area contributed by atoms with Crippen molar-refractivity contribution in [1.82, 2.24) is 5.43 Å². The van der Waals surface area contributed by atoms with Gasteiger partial charge in [-0.1, -0.05) is 12.1 Å². The van der Waals surface area contributed by atoms with Crippen LogP contribution in [-0.4, -0.2) is 28.3 Å². The smallest absolute Gasteiger partial charge is 0.303 e. The predicted octanol–water partition coefficient (Wildman–Crippen LogP) is 0.657. The maximum absolute atomic E-state index is 11.4. The van der Waals surface area contributed by atoms with Crippen LogP contribution in [0.4, 0.5) is 5.69 Å². The van der Waals surface area contributed by atoms with Crippen molar-refractivity contribution in [1.29, 1.82) is 0 Å². The molecule has 0 bridgehead atoms. The second-order valence-electron chi connectivity index (χ2n) is 3.80. The largest absolute Gasteiger partial charge is 0.481 e. The van der Waals surface area contributed by atoms with Crippen LogP contribution in [0.15, 0.2) is 29.4 Å². The summed E-state index contributed by atoms with van der Waals surface area (Å²) in [6, 6.07) is 6.83. The van der Waals surface area contributed by atoms with Crippen molar-refractivity contribution in [2.24, 2.45) is 10.8 Å². The number of hydrogen-bond donors (Lipinski definition) is 4. The van der Waals surface area contributed by atoms with E-state index in [0.29, 0.717) is 5.69 Å². The van der Waals surface area contributed by atoms with Gasteiger partial charge < -0.3 is 16.2 Å². The van der Waals surface area contributed by atoms with E-state index in [2.05, 4.69) is 28.1 Å². The summed E-state index contributed by atoms with van der Waals surface area (Å²) in [5.74, 6) is -1.35. The second-order valence-corrected chi connectivity index (χ2v) is 4.24. The van der Waals surface area contributed by atoms with Crippen LogP contribution in [0.1, 0.15) is 18.4 Å². The summed E-state index contributed by atoms with van der Waals surface area (Å²) < 4.78 is 0. The zero-order valence-electron chi connectivity index (χ0n) is 10.5. The number of benzene rings is 1. The molecule has 1 aromatic rings. The molecular weight excluding hydrogens is 280 g/mol. The first-order valence-corrected chi connectivity index (χ1v) is 6.08. The van der Waals surface area contributed by atoms with Crippen LogP contribution in [0.2, 0.25) is 0 Å². The van der Waals surface area contributed by atoms with Gasteiger partial charge in [-0.25, -0.2) is 0 Å². The molecule has 1 aromatic carbocycles. The van der Waals surface area contributed by atoms with Crippen molar-refractivity contribution < 1.29 is 14.7 Å². The summed E-state index contributed by atoms with van der Waals surface area (Å²) >= 11 is 4.59. The molecule has 0 spiro atoms. The van der Waals surface area contributed by atoms with Crippen LogP contribution in [0.25, 0.3) is 0 Å². The quantitative estimate of drug-likeness (QED) is 0.348. The number of nitrogens with two attached hydrogens (primary N) is 1. The number of rotatable bonds is 6. The van der Waals surface area contributed by atoms with E-state index in [-0.39, 0.29) is 23.9 Å². The number of hydrogen-bond acceptors (Lipinski definition) is 4. The summed E-state index contributed by atoms with van der Waals surface area (Å²) in [5, 5.41) is 14.9. The van der Waals surface area contributed by atoms with Gasteiger partial charge in [-0.05, 0) is 29.9 Å². The van der Waals surface area contributed by atoms with Gasteiger partial charge in [0.2, 0.25) is 5.91 Å². The molecule has 20 heavy (non-hydrogen) atoms. The van der Waals surface area contributed by atoms with Gasteiger partial charge >= 0.3 is 5.97 Å². The van der Waals surface area contributed by atoms with Gasteiger partial charge in [0, 0.05) is 12.1 Å². The molecule has 5 N–H and O–H groups in total. The number of carbonyl (C=O) groups is 2. The van der Waals surface area contributed by atoms with Gasteiger partial charge in [-0.15, -0.1) is 0 Å². The number of nitrogens with zero attached hydrogens (tertiary/aromatic N) is 1. The molecule has 0 aromatic heterocycles. The molecule has 1 amide bonds. The summed E-state index contributed by atoms with van der Waals surface area (Å²) in [4.78, 5) is 21.7. The first kappa shape index (κ1) is 15.6. The number of anilines is 1. The van der Waals surface area contributed by atoms with Crippen molar-refractivity contribution >= 4 is 41.1 Å². The molecule has 0 aliphatic heterocycles. The number of thiocarbonyl (C=S) groups is 1. The average Bonchev–Trinajstić information content (AvgIpc) is 2.38. The van der Waals surface area contributed by atoms with E-state index in [1.165, 1.54) is 6.21 Å². The van der Waals surface area contributed by atoms with Gasteiger partial charge in [0.1, 0.15) is 0 Å². The normalized spacial score (nSPS) is 10.2. The number of aliphatic carboxylic acids is 1. The molecule has 0 atom stereocenters. The summed E-state index contributed by atoms with van der Waals surface area (Å²) in [6.07, 6.45) is 1.27. The van der Waals surface area contributed by atoms with Crippen molar-refractivity contribution in [2.45, 2.75) is 12.8 Å². The fourth-order valence-electron chi connectivity index (χ4n) is 1.27. The monoisotopic (exact) mass is 294 g/mol. The lowest BCUT2D eigenvalue weighted by Gasteiger charge is -2.04. The lowest BCUT2D eigenvalue weighted by molar-refractivity contribution is -0.138. The molecule has 7 nitrogen and oxygen atoms in total. The van der Waals surface area contributed by atoms with Gasteiger partial charge in [0.05, 0.1) is 12.6 Å². The highest BCUT2D eigenvalue weighted by Crippen LogP contribution is 2.09. The molecule has 0 unspecified atom stereocenters. The van der Waals surface area contributed by atoms with Gasteiger partial charge in [0.15, 0.2) is 5.11 Å². The highest BCUT2D eigenvalue weighted by Gasteiger charge is 2.05. The Labute approximate surface area is 120 Å². The molecule has 106 valence electrons. The summed E-state index contributed by atoms with van der Waals surface area (Å²) in [6.45, 7) is 0. The summed E-state index contributed by atoms with van der Waals surface area (Å²) in [7, 11) is 0. The lowest BCUT2D eigenvalue weighted by atomic mass is 10.2. The van der Waals surface area contributed by atoms with Crippen molar-refractivity contribution in [3.05, 3.63) is 29.8 Å². The maximum Gasteiger partial charge on any atom is 0.303 e. The fourth-order valence-corrected chi connectivity index (χ4v) is 1.32. The van der Waals surface area contributed by atoms with E-state index in [1.54, 1.807) is 24.3 Å².